The minimum absolute atomic E-state index is 0.479. The summed E-state index contributed by atoms with van der Waals surface area (Å²) in [5.41, 5.74) is 7.75. The van der Waals surface area contributed by atoms with Gasteiger partial charge >= 0.3 is 0 Å². The van der Waals surface area contributed by atoms with Crippen LogP contribution in [0.15, 0.2) is 34.9 Å². The van der Waals surface area contributed by atoms with Crippen LogP contribution < -0.4 is 5.73 Å². The lowest BCUT2D eigenvalue weighted by molar-refractivity contribution is 1.18. The van der Waals surface area contributed by atoms with Crippen LogP contribution in [0.3, 0.4) is 0 Å². The van der Waals surface area contributed by atoms with Gasteiger partial charge in [0.05, 0.1) is 0 Å². The van der Waals surface area contributed by atoms with Crippen LogP contribution in [0, 0.1) is 6.92 Å². The minimum Gasteiger partial charge on any atom is -0.384 e. The number of aromatic nitrogens is 2. The first-order valence-corrected chi connectivity index (χ1v) is 5.31. The van der Waals surface area contributed by atoms with Crippen LogP contribution in [0.2, 0.25) is 0 Å². The second kappa shape index (κ2) is 3.98. The molecular formula is C11H10BrN3. The zero-order chi connectivity index (χ0) is 10.8. The lowest BCUT2D eigenvalue weighted by atomic mass is 10.1. The van der Waals surface area contributed by atoms with E-state index < -0.39 is 0 Å². The topological polar surface area (TPSA) is 51.8 Å². The van der Waals surface area contributed by atoms with Crippen LogP contribution in [-0.4, -0.2) is 9.97 Å². The fourth-order valence-corrected chi connectivity index (χ4v) is 1.97. The molecule has 0 radical (unpaired) electrons. The largest absolute Gasteiger partial charge is 0.384 e. The van der Waals surface area contributed by atoms with Crippen molar-refractivity contribution in [2.75, 3.05) is 5.73 Å². The Hall–Kier alpha value is -1.42. The van der Waals surface area contributed by atoms with Gasteiger partial charge in [0.25, 0.3) is 0 Å². The molecule has 0 fully saturated rings. The molecule has 76 valence electrons. The average Bonchev–Trinajstić information content (AvgIpc) is 2.17. The van der Waals surface area contributed by atoms with Gasteiger partial charge in [-0.25, -0.2) is 9.97 Å². The number of nitrogens with zero attached hydrogens (tertiary/aromatic N) is 2. The normalized spacial score (nSPS) is 10.3. The van der Waals surface area contributed by atoms with E-state index in [1.54, 1.807) is 12.3 Å². The first-order chi connectivity index (χ1) is 7.16. The van der Waals surface area contributed by atoms with Crippen molar-refractivity contribution < 1.29 is 0 Å². The summed E-state index contributed by atoms with van der Waals surface area (Å²) < 4.78 is 0.980. The maximum absolute atomic E-state index is 5.61. The smallest absolute Gasteiger partial charge is 0.162 e. The number of nitrogens with two attached hydrogens (primary N) is 1. The minimum atomic E-state index is 0.479. The second-order valence-corrected chi connectivity index (χ2v) is 4.14. The van der Waals surface area contributed by atoms with E-state index in [0.29, 0.717) is 11.6 Å². The van der Waals surface area contributed by atoms with Crippen LogP contribution in [0.4, 0.5) is 5.82 Å². The number of aryl methyl sites for hydroxylation is 1. The molecule has 2 aromatic rings. The molecule has 0 aliphatic rings. The fourth-order valence-electron chi connectivity index (χ4n) is 1.30. The zero-order valence-electron chi connectivity index (χ0n) is 8.24. The van der Waals surface area contributed by atoms with Crippen molar-refractivity contribution in [2.24, 2.45) is 0 Å². The van der Waals surface area contributed by atoms with Gasteiger partial charge in [-0.3, -0.25) is 0 Å². The third kappa shape index (κ3) is 2.15. The molecule has 0 bridgehead atoms. The highest BCUT2D eigenvalue weighted by Gasteiger charge is 2.05. The quantitative estimate of drug-likeness (QED) is 0.861. The van der Waals surface area contributed by atoms with E-state index in [0.717, 1.165) is 10.0 Å². The molecule has 1 aromatic carbocycles. The molecule has 0 aliphatic heterocycles. The van der Waals surface area contributed by atoms with Crippen molar-refractivity contribution in [2.45, 2.75) is 6.92 Å². The summed E-state index contributed by atoms with van der Waals surface area (Å²) in [4.78, 5) is 8.35. The van der Waals surface area contributed by atoms with Crippen LogP contribution in [0.25, 0.3) is 11.4 Å². The summed E-state index contributed by atoms with van der Waals surface area (Å²) in [5, 5.41) is 0. The number of anilines is 1. The molecule has 1 aromatic heterocycles. The molecular weight excluding hydrogens is 254 g/mol. The summed E-state index contributed by atoms with van der Waals surface area (Å²) in [5.74, 6) is 1.12. The highest BCUT2D eigenvalue weighted by atomic mass is 79.9. The molecule has 0 spiro atoms. The highest BCUT2D eigenvalue weighted by Crippen LogP contribution is 2.26. The first-order valence-electron chi connectivity index (χ1n) is 4.52. The lowest BCUT2D eigenvalue weighted by Gasteiger charge is -2.04. The number of rotatable bonds is 1. The monoisotopic (exact) mass is 263 g/mol. The van der Waals surface area contributed by atoms with Crippen molar-refractivity contribution in [1.29, 1.82) is 0 Å². The maximum Gasteiger partial charge on any atom is 0.162 e. The van der Waals surface area contributed by atoms with Gasteiger partial charge in [0.2, 0.25) is 0 Å². The summed E-state index contributed by atoms with van der Waals surface area (Å²) >= 11 is 3.49. The number of hydrogen-bond donors (Lipinski definition) is 1. The molecule has 3 nitrogen and oxygen atoms in total. The van der Waals surface area contributed by atoms with Gasteiger partial charge in [-0.2, -0.15) is 0 Å². The van der Waals surface area contributed by atoms with Gasteiger partial charge in [-0.15, -0.1) is 0 Å². The molecule has 0 unspecified atom stereocenters. The Morgan fingerprint density at radius 2 is 2.07 bits per heavy atom. The third-order valence-corrected chi connectivity index (χ3v) is 2.70. The second-order valence-electron chi connectivity index (χ2n) is 3.29. The molecule has 2 N–H and O–H groups in total. The highest BCUT2D eigenvalue weighted by molar-refractivity contribution is 9.10. The van der Waals surface area contributed by atoms with E-state index in [9.17, 15) is 0 Å². The Labute approximate surface area is 96.5 Å². The van der Waals surface area contributed by atoms with E-state index >= 15 is 0 Å². The number of benzene rings is 1. The van der Waals surface area contributed by atoms with Gasteiger partial charge in [-0.1, -0.05) is 22.0 Å². The van der Waals surface area contributed by atoms with Gasteiger partial charge in [0.1, 0.15) is 5.82 Å². The summed E-state index contributed by atoms with van der Waals surface area (Å²) in [6, 6.07) is 7.70. The molecule has 2 rings (SSSR count). The van der Waals surface area contributed by atoms with E-state index in [4.69, 9.17) is 5.73 Å². The maximum atomic E-state index is 5.61. The van der Waals surface area contributed by atoms with E-state index in [2.05, 4.69) is 25.9 Å². The summed E-state index contributed by atoms with van der Waals surface area (Å²) in [6.45, 7) is 2.04. The molecule has 0 atom stereocenters. The number of halogens is 1. The summed E-state index contributed by atoms with van der Waals surface area (Å²) in [6.07, 6.45) is 1.66. The predicted molar refractivity (Wildman–Crippen MR) is 64.3 cm³/mol. The Morgan fingerprint density at radius 3 is 2.73 bits per heavy atom. The molecule has 0 saturated heterocycles. The van der Waals surface area contributed by atoms with Gasteiger partial charge in [0, 0.05) is 16.2 Å². The standard InChI is InChI=1S/C11H10BrN3/c1-7-2-3-8(9(12)6-7)11-14-5-4-10(13)15-11/h2-6H,1H3,(H2,13,14,15). The first kappa shape index (κ1) is 10.1. The van der Waals surface area contributed by atoms with Crippen LogP contribution in [-0.2, 0) is 0 Å². The molecule has 0 aliphatic carbocycles. The van der Waals surface area contributed by atoms with Crippen molar-refractivity contribution >= 4 is 21.7 Å². The molecule has 1 heterocycles. The van der Waals surface area contributed by atoms with E-state index in [1.165, 1.54) is 5.56 Å². The lowest BCUT2D eigenvalue weighted by Crippen LogP contribution is -1.95. The van der Waals surface area contributed by atoms with Crippen molar-refractivity contribution in [1.82, 2.24) is 9.97 Å². The van der Waals surface area contributed by atoms with Gasteiger partial charge < -0.3 is 5.73 Å². The van der Waals surface area contributed by atoms with E-state index in [-0.39, 0.29) is 0 Å². The Morgan fingerprint density at radius 1 is 1.27 bits per heavy atom. The van der Waals surface area contributed by atoms with Gasteiger partial charge in [0.15, 0.2) is 5.82 Å². The molecule has 4 heteroatoms. The number of hydrogen-bond acceptors (Lipinski definition) is 3. The molecule has 0 amide bonds. The Kier molecular flexibility index (Phi) is 2.68. The number of nitrogen functional groups attached to an aromatic ring is 1. The average molecular weight is 264 g/mol. The van der Waals surface area contributed by atoms with Gasteiger partial charge in [-0.05, 0) is 30.7 Å². The Balaban J connectivity index is 2.54. The van der Waals surface area contributed by atoms with Crippen LogP contribution in [0.5, 0.6) is 0 Å². The summed E-state index contributed by atoms with van der Waals surface area (Å²) in [7, 11) is 0. The van der Waals surface area contributed by atoms with Crippen LogP contribution >= 0.6 is 15.9 Å². The van der Waals surface area contributed by atoms with Crippen LogP contribution in [0.1, 0.15) is 5.56 Å². The van der Waals surface area contributed by atoms with Crippen molar-refractivity contribution in [3.8, 4) is 11.4 Å². The zero-order valence-corrected chi connectivity index (χ0v) is 9.82. The van der Waals surface area contributed by atoms with Crippen molar-refractivity contribution in [3.05, 3.63) is 40.5 Å². The van der Waals surface area contributed by atoms with Crippen molar-refractivity contribution in [3.63, 3.8) is 0 Å². The predicted octanol–water partition coefficient (Wildman–Crippen LogP) is 2.80. The molecule has 0 saturated carbocycles. The third-order valence-electron chi connectivity index (χ3n) is 2.04. The SMILES string of the molecule is Cc1ccc(-c2nccc(N)n2)c(Br)c1. The Bertz CT molecular complexity index is 497. The van der Waals surface area contributed by atoms with E-state index in [1.807, 2.05) is 25.1 Å². The fraction of sp³-hybridized carbons (Fsp3) is 0.0909. The molecule has 15 heavy (non-hydrogen) atoms.